The highest BCUT2D eigenvalue weighted by Crippen LogP contribution is 2.51. The second-order valence-electron chi connectivity index (χ2n) is 5.98. The summed E-state index contributed by atoms with van der Waals surface area (Å²) in [5.74, 6) is 0.645. The number of aromatic hydroxyl groups is 1. The number of rotatable bonds is 1. The van der Waals surface area contributed by atoms with Gasteiger partial charge in [0.15, 0.2) is 5.78 Å². The second kappa shape index (κ2) is 4.34. The number of aliphatic hydroxyl groups is 1. The van der Waals surface area contributed by atoms with Crippen molar-refractivity contribution in [3.63, 3.8) is 0 Å². The Labute approximate surface area is 113 Å². The SMILES string of the molecule is CC[C@@]12CC(=O)C(O)C[C@H]1CCc1cc(O)ccc12. The monoisotopic (exact) mass is 260 g/mol. The standard InChI is InChI=1S/C16H20O3/c1-2-16-9-15(19)14(18)8-11(16)4-3-10-7-12(17)5-6-13(10)16/h5-7,11,14,17-18H,2-4,8-9H2,1H3/t11-,14?,16-/m1/s1. The van der Waals surface area contributed by atoms with Crippen LogP contribution in [0.15, 0.2) is 18.2 Å². The van der Waals surface area contributed by atoms with Crippen molar-refractivity contribution < 1.29 is 15.0 Å². The van der Waals surface area contributed by atoms with Gasteiger partial charge in [0, 0.05) is 11.8 Å². The van der Waals surface area contributed by atoms with Gasteiger partial charge in [-0.05, 0) is 54.9 Å². The molecule has 3 heteroatoms. The third kappa shape index (κ3) is 1.79. The molecule has 0 saturated heterocycles. The minimum Gasteiger partial charge on any atom is -0.508 e. The first-order valence-corrected chi connectivity index (χ1v) is 7.10. The fourth-order valence-corrected chi connectivity index (χ4v) is 4.12. The summed E-state index contributed by atoms with van der Waals surface area (Å²) in [5.41, 5.74) is 2.25. The Kier molecular flexibility index (Phi) is 2.90. The largest absolute Gasteiger partial charge is 0.508 e. The molecule has 19 heavy (non-hydrogen) atoms. The molecule has 102 valence electrons. The first kappa shape index (κ1) is 12.7. The molecular weight excluding hydrogens is 240 g/mol. The van der Waals surface area contributed by atoms with Gasteiger partial charge in [-0.1, -0.05) is 13.0 Å². The molecule has 0 radical (unpaired) electrons. The molecule has 1 aromatic rings. The Morgan fingerprint density at radius 1 is 1.42 bits per heavy atom. The van der Waals surface area contributed by atoms with Crippen LogP contribution in [0.3, 0.4) is 0 Å². The molecule has 0 bridgehead atoms. The number of carbonyl (C=O) groups excluding carboxylic acids is 1. The molecule has 1 aromatic carbocycles. The number of ketones is 1. The van der Waals surface area contributed by atoms with Crippen LogP contribution < -0.4 is 0 Å². The average molecular weight is 260 g/mol. The molecule has 0 aliphatic heterocycles. The Bertz CT molecular complexity index is 523. The van der Waals surface area contributed by atoms with Gasteiger partial charge in [0.25, 0.3) is 0 Å². The molecular formula is C16H20O3. The van der Waals surface area contributed by atoms with Gasteiger partial charge in [-0.2, -0.15) is 0 Å². The summed E-state index contributed by atoms with van der Waals surface area (Å²) >= 11 is 0. The van der Waals surface area contributed by atoms with Gasteiger partial charge in [-0.3, -0.25) is 4.79 Å². The number of carbonyl (C=O) groups is 1. The molecule has 3 atom stereocenters. The summed E-state index contributed by atoms with van der Waals surface area (Å²) in [6.07, 6.45) is 3.09. The van der Waals surface area contributed by atoms with Crippen molar-refractivity contribution in [2.24, 2.45) is 5.92 Å². The van der Waals surface area contributed by atoms with Crippen LogP contribution in [0, 0.1) is 5.92 Å². The predicted molar refractivity (Wildman–Crippen MR) is 72.1 cm³/mol. The van der Waals surface area contributed by atoms with E-state index in [-0.39, 0.29) is 11.2 Å². The van der Waals surface area contributed by atoms with Crippen LogP contribution in [-0.4, -0.2) is 22.1 Å². The van der Waals surface area contributed by atoms with Gasteiger partial charge in [0.2, 0.25) is 0 Å². The van der Waals surface area contributed by atoms with Crippen LogP contribution in [0.25, 0.3) is 0 Å². The van der Waals surface area contributed by atoms with E-state index in [1.54, 1.807) is 6.07 Å². The van der Waals surface area contributed by atoms with Crippen LogP contribution in [0.2, 0.25) is 0 Å². The van der Waals surface area contributed by atoms with Gasteiger partial charge >= 0.3 is 0 Å². The molecule has 0 spiro atoms. The summed E-state index contributed by atoms with van der Waals surface area (Å²) in [7, 11) is 0. The lowest BCUT2D eigenvalue weighted by molar-refractivity contribution is -0.134. The Morgan fingerprint density at radius 3 is 2.95 bits per heavy atom. The number of phenolic OH excluding ortho intramolecular Hbond substituents is 1. The van der Waals surface area contributed by atoms with E-state index in [9.17, 15) is 15.0 Å². The Balaban J connectivity index is 2.11. The van der Waals surface area contributed by atoms with Gasteiger partial charge in [-0.15, -0.1) is 0 Å². The summed E-state index contributed by atoms with van der Waals surface area (Å²) in [5, 5.41) is 19.5. The Morgan fingerprint density at radius 2 is 2.21 bits per heavy atom. The molecule has 3 rings (SSSR count). The summed E-state index contributed by atoms with van der Waals surface area (Å²) in [6, 6.07) is 5.53. The molecule has 2 aliphatic rings. The number of hydrogen-bond acceptors (Lipinski definition) is 3. The zero-order valence-corrected chi connectivity index (χ0v) is 11.2. The summed E-state index contributed by atoms with van der Waals surface area (Å²) in [6.45, 7) is 2.12. The molecule has 1 saturated carbocycles. The lowest BCUT2D eigenvalue weighted by Crippen LogP contribution is -2.49. The zero-order valence-electron chi connectivity index (χ0n) is 11.2. The number of fused-ring (bicyclic) bond motifs is 3. The molecule has 0 heterocycles. The second-order valence-corrected chi connectivity index (χ2v) is 5.98. The average Bonchev–Trinajstić information content (AvgIpc) is 2.40. The number of hydrogen-bond donors (Lipinski definition) is 2. The van der Waals surface area contributed by atoms with E-state index in [1.807, 2.05) is 12.1 Å². The highest BCUT2D eigenvalue weighted by molar-refractivity contribution is 5.85. The summed E-state index contributed by atoms with van der Waals surface area (Å²) < 4.78 is 0. The van der Waals surface area contributed by atoms with Crippen molar-refractivity contribution >= 4 is 5.78 Å². The van der Waals surface area contributed by atoms with E-state index in [1.165, 1.54) is 11.1 Å². The minimum atomic E-state index is -0.775. The lowest BCUT2D eigenvalue weighted by atomic mass is 9.55. The first-order valence-electron chi connectivity index (χ1n) is 7.10. The molecule has 0 aromatic heterocycles. The predicted octanol–water partition coefficient (Wildman–Crippen LogP) is 2.33. The number of aliphatic hydroxyl groups excluding tert-OH is 1. The number of aryl methyl sites for hydroxylation is 1. The quantitative estimate of drug-likeness (QED) is 0.814. The first-order chi connectivity index (χ1) is 9.06. The van der Waals surface area contributed by atoms with Crippen molar-refractivity contribution in [2.75, 3.05) is 0 Å². The van der Waals surface area contributed by atoms with Gasteiger partial charge in [0.1, 0.15) is 11.9 Å². The van der Waals surface area contributed by atoms with E-state index in [4.69, 9.17) is 0 Å². The van der Waals surface area contributed by atoms with Gasteiger partial charge in [0.05, 0.1) is 0 Å². The normalized spacial score (nSPS) is 33.7. The number of phenols is 1. The van der Waals surface area contributed by atoms with Gasteiger partial charge < -0.3 is 10.2 Å². The van der Waals surface area contributed by atoms with E-state index in [0.717, 1.165) is 19.3 Å². The maximum atomic E-state index is 12.0. The minimum absolute atomic E-state index is 0.0287. The van der Waals surface area contributed by atoms with Crippen LogP contribution >= 0.6 is 0 Å². The van der Waals surface area contributed by atoms with Crippen LogP contribution in [-0.2, 0) is 16.6 Å². The van der Waals surface area contributed by atoms with Crippen molar-refractivity contribution in [1.82, 2.24) is 0 Å². The highest BCUT2D eigenvalue weighted by Gasteiger charge is 2.49. The fourth-order valence-electron chi connectivity index (χ4n) is 4.12. The van der Waals surface area contributed by atoms with Crippen LogP contribution in [0.1, 0.15) is 43.7 Å². The third-order valence-electron chi connectivity index (χ3n) is 5.17. The van der Waals surface area contributed by atoms with Crippen molar-refractivity contribution in [3.8, 4) is 5.75 Å². The van der Waals surface area contributed by atoms with E-state index in [2.05, 4.69) is 6.92 Å². The smallest absolute Gasteiger partial charge is 0.162 e. The van der Waals surface area contributed by atoms with Crippen molar-refractivity contribution in [1.29, 1.82) is 0 Å². The van der Waals surface area contributed by atoms with Crippen molar-refractivity contribution in [2.45, 2.75) is 50.5 Å². The summed E-state index contributed by atoms with van der Waals surface area (Å²) in [4.78, 5) is 12.0. The molecule has 1 unspecified atom stereocenters. The maximum absolute atomic E-state index is 12.0. The number of Topliss-reactive ketones (excluding diaryl/α,β-unsaturated/α-hetero) is 1. The number of benzene rings is 1. The maximum Gasteiger partial charge on any atom is 0.162 e. The molecule has 1 fully saturated rings. The van der Waals surface area contributed by atoms with Crippen molar-refractivity contribution in [3.05, 3.63) is 29.3 Å². The van der Waals surface area contributed by atoms with Crippen LogP contribution in [0.5, 0.6) is 5.75 Å². The fraction of sp³-hybridized carbons (Fsp3) is 0.562. The van der Waals surface area contributed by atoms with E-state index in [0.29, 0.717) is 24.5 Å². The zero-order chi connectivity index (χ0) is 13.6. The van der Waals surface area contributed by atoms with Crippen LogP contribution in [0.4, 0.5) is 0 Å². The highest BCUT2D eigenvalue weighted by atomic mass is 16.3. The molecule has 3 nitrogen and oxygen atoms in total. The topological polar surface area (TPSA) is 57.5 Å². The van der Waals surface area contributed by atoms with Gasteiger partial charge in [-0.25, -0.2) is 0 Å². The molecule has 2 aliphatic carbocycles. The molecule has 0 amide bonds. The third-order valence-corrected chi connectivity index (χ3v) is 5.17. The van der Waals surface area contributed by atoms with E-state index >= 15 is 0 Å². The van der Waals surface area contributed by atoms with E-state index < -0.39 is 6.10 Å². The molecule has 2 N–H and O–H groups in total. The Hall–Kier alpha value is -1.35. The lowest BCUT2D eigenvalue weighted by Gasteiger charge is -2.49.